The summed E-state index contributed by atoms with van der Waals surface area (Å²) in [7, 11) is 3.48. The molecule has 2 N–H and O–H groups in total. The van der Waals surface area contributed by atoms with Crippen LogP contribution in [0.1, 0.15) is 50.7 Å². The Morgan fingerprint density at radius 2 is 1.55 bits per heavy atom. The van der Waals surface area contributed by atoms with Gasteiger partial charge in [0.2, 0.25) is 0 Å². The van der Waals surface area contributed by atoms with Gasteiger partial charge in [0.1, 0.15) is 24.5 Å². The van der Waals surface area contributed by atoms with Crippen LogP contribution in [-0.4, -0.2) is 60.6 Å². The van der Waals surface area contributed by atoms with Crippen LogP contribution in [0.25, 0.3) is 11.1 Å². The fraction of sp³-hybridized carbons (Fsp3) is 0.462. The summed E-state index contributed by atoms with van der Waals surface area (Å²) in [5.41, 5.74) is 3.82. The molecular weight excluding hydrogens is 420 g/mol. The first kappa shape index (κ1) is 24.7. The minimum atomic E-state index is -0.922. The highest BCUT2D eigenvalue weighted by Gasteiger charge is 2.31. The highest BCUT2D eigenvalue weighted by molar-refractivity contribution is 5.82. The average Bonchev–Trinajstić information content (AvgIpc) is 3.07. The molecule has 1 unspecified atom stereocenters. The number of alkyl carbamates (subject to hydrolysis) is 1. The molecule has 1 aliphatic carbocycles. The zero-order valence-corrected chi connectivity index (χ0v) is 20.0. The fourth-order valence-corrected chi connectivity index (χ4v) is 3.98. The second-order valence-corrected chi connectivity index (χ2v) is 9.58. The van der Waals surface area contributed by atoms with Crippen molar-refractivity contribution in [3.8, 4) is 11.1 Å². The number of carbonyl (C=O) groups excluding carboxylic acids is 2. The van der Waals surface area contributed by atoms with Crippen LogP contribution in [0.2, 0.25) is 0 Å². The van der Waals surface area contributed by atoms with Crippen LogP contribution in [0.4, 0.5) is 4.79 Å². The van der Waals surface area contributed by atoms with Gasteiger partial charge in [-0.25, -0.2) is 9.59 Å². The Hall–Kier alpha value is -2.90. The summed E-state index contributed by atoms with van der Waals surface area (Å²) in [5, 5.41) is 12.7. The zero-order valence-electron chi connectivity index (χ0n) is 20.0. The summed E-state index contributed by atoms with van der Waals surface area (Å²) < 4.78 is 11.0. The SMILES string of the molecule is CN(C)C(O)CC[C@H](NC(=O)OCC1c2ccccc2-c2ccccc21)C(=O)OC(C)(C)C. The number of nitrogens with one attached hydrogen (secondary N) is 1. The van der Waals surface area contributed by atoms with E-state index in [2.05, 4.69) is 17.4 Å². The molecule has 0 saturated carbocycles. The Labute approximate surface area is 195 Å². The van der Waals surface area contributed by atoms with Crippen LogP contribution in [0.3, 0.4) is 0 Å². The molecule has 3 rings (SSSR count). The predicted molar refractivity (Wildman–Crippen MR) is 127 cm³/mol. The van der Waals surface area contributed by atoms with Gasteiger partial charge < -0.3 is 19.9 Å². The second-order valence-electron chi connectivity index (χ2n) is 9.58. The van der Waals surface area contributed by atoms with Crippen molar-refractivity contribution in [2.45, 2.75) is 57.4 Å². The van der Waals surface area contributed by atoms with Crippen molar-refractivity contribution in [3.63, 3.8) is 0 Å². The second kappa shape index (κ2) is 10.4. The van der Waals surface area contributed by atoms with Crippen molar-refractivity contribution in [1.82, 2.24) is 10.2 Å². The molecule has 0 bridgehead atoms. The van der Waals surface area contributed by atoms with E-state index in [9.17, 15) is 14.7 Å². The molecule has 0 radical (unpaired) electrons. The lowest BCUT2D eigenvalue weighted by Crippen LogP contribution is -2.45. The summed E-state index contributed by atoms with van der Waals surface area (Å²) in [6, 6.07) is 15.3. The molecule has 0 aliphatic heterocycles. The number of fused-ring (bicyclic) bond motifs is 3. The van der Waals surface area contributed by atoms with E-state index >= 15 is 0 Å². The molecule has 0 saturated heterocycles. The molecule has 1 amide bonds. The highest BCUT2D eigenvalue weighted by atomic mass is 16.6. The summed E-state index contributed by atoms with van der Waals surface area (Å²) >= 11 is 0. The van der Waals surface area contributed by atoms with Gasteiger partial charge in [-0.2, -0.15) is 0 Å². The lowest BCUT2D eigenvalue weighted by molar-refractivity contribution is -0.157. The monoisotopic (exact) mass is 454 g/mol. The number of esters is 1. The minimum absolute atomic E-state index is 0.0707. The largest absolute Gasteiger partial charge is 0.458 e. The normalized spacial score (nSPS) is 14.9. The molecular formula is C26H34N2O5. The van der Waals surface area contributed by atoms with E-state index in [4.69, 9.17) is 9.47 Å². The van der Waals surface area contributed by atoms with Gasteiger partial charge >= 0.3 is 12.1 Å². The average molecular weight is 455 g/mol. The Morgan fingerprint density at radius 1 is 1.00 bits per heavy atom. The number of aliphatic hydroxyl groups is 1. The maximum atomic E-state index is 12.7. The van der Waals surface area contributed by atoms with Crippen molar-refractivity contribution >= 4 is 12.1 Å². The zero-order chi connectivity index (χ0) is 24.2. The Bertz CT molecular complexity index is 937. The molecule has 2 atom stereocenters. The number of benzene rings is 2. The van der Waals surface area contributed by atoms with Crippen molar-refractivity contribution in [1.29, 1.82) is 0 Å². The van der Waals surface area contributed by atoms with Crippen LogP contribution >= 0.6 is 0 Å². The number of ether oxygens (including phenoxy) is 2. The maximum absolute atomic E-state index is 12.7. The van der Waals surface area contributed by atoms with Crippen molar-refractivity contribution in [3.05, 3.63) is 59.7 Å². The molecule has 1 aliphatic rings. The molecule has 2 aromatic carbocycles. The van der Waals surface area contributed by atoms with Crippen LogP contribution in [0.5, 0.6) is 0 Å². The van der Waals surface area contributed by atoms with E-state index in [1.165, 1.54) is 0 Å². The Kier molecular flexibility index (Phi) is 7.76. The third kappa shape index (κ3) is 6.33. The van der Waals surface area contributed by atoms with E-state index in [1.54, 1.807) is 39.8 Å². The number of nitrogens with zero attached hydrogens (tertiary/aromatic N) is 1. The van der Waals surface area contributed by atoms with Crippen molar-refractivity contribution in [2.75, 3.05) is 20.7 Å². The first-order valence-electron chi connectivity index (χ1n) is 11.3. The number of hydrogen-bond donors (Lipinski definition) is 2. The van der Waals surface area contributed by atoms with Gasteiger partial charge in [0.05, 0.1) is 0 Å². The lowest BCUT2D eigenvalue weighted by Gasteiger charge is -2.26. The maximum Gasteiger partial charge on any atom is 0.407 e. The lowest BCUT2D eigenvalue weighted by atomic mass is 9.98. The molecule has 0 fully saturated rings. The summed E-state index contributed by atoms with van der Waals surface area (Å²) in [5.74, 6) is -0.624. The smallest absolute Gasteiger partial charge is 0.407 e. The molecule has 0 aromatic heterocycles. The predicted octanol–water partition coefficient (Wildman–Crippen LogP) is 3.90. The van der Waals surface area contributed by atoms with Gasteiger partial charge in [-0.1, -0.05) is 48.5 Å². The van der Waals surface area contributed by atoms with E-state index in [1.807, 2.05) is 36.4 Å². The number of amides is 1. The van der Waals surface area contributed by atoms with E-state index in [-0.39, 0.29) is 18.9 Å². The number of aliphatic hydroxyl groups excluding tert-OH is 1. The highest BCUT2D eigenvalue weighted by Crippen LogP contribution is 2.44. The molecule has 7 nitrogen and oxygen atoms in total. The molecule has 0 heterocycles. The molecule has 33 heavy (non-hydrogen) atoms. The summed E-state index contributed by atoms with van der Waals surface area (Å²) in [6.07, 6.45) is -0.912. The Morgan fingerprint density at radius 3 is 2.06 bits per heavy atom. The quantitative estimate of drug-likeness (QED) is 0.465. The van der Waals surface area contributed by atoms with E-state index < -0.39 is 29.9 Å². The van der Waals surface area contributed by atoms with Gasteiger partial charge in [0.25, 0.3) is 0 Å². The molecule has 0 spiro atoms. The van der Waals surface area contributed by atoms with Crippen molar-refractivity contribution < 1.29 is 24.2 Å². The standard InChI is InChI=1S/C26H34N2O5/c1-26(2,3)33-24(30)22(14-15-23(29)28(4)5)27-25(31)32-16-21-19-12-8-6-10-17(19)18-11-7-9-13-20(18)21/h6-13,21-23,29H,14-16H2,1-5H3,(H,27,31)/t22-,23?/m0/s1. The third-order valence-electron chi connectivity index (χ3n) is 5.64. The van der Waals surface area contributed by atoms with Gasteiger partial charge in [0.15, 0.2) is 0 Å². The van der Waals surface area contributed by atoms with Gasteiger partial charge in [-0.3, -0.25) is 4.90 Å². The molecule has 178 valence electrons. The number of hydrogen-bond acceptors (Lipinski definition) is 6. The summed E-state index contributed by atoms with van der Waals surface area (Å²) in [4.78, 5) is 27.0. The first-order chi connectivity index (χ1) is 15.6. The molecule has 2 aromatic rings. The Balaban J connectivity index is 1.67. The third-order valence-corrected chi connectivity index (χ3v) is 5.64. The topological polar surface area (TPSA) is 88.1 Å². The minimum Gasteiger partial charge on any atom is -0.458 e. The fourth-order valence-electron chi connectivity index (χ4n) is 3.98. The number of rotatable bonds is 8. The van der Waals surface area contributed by atoms with Crippen LogP contribution < -0.4 is 5.32 Å². The van der Waals surface area contributed by atoms with Crippen LogP contribution in [0.15, 0.2) is 48.5 Å². The van der Waals surface area contributed by atoms with E-state index in [0.717, 1.165) is 22.3 Å². The van der Waals surface area contributed by atoms with E-state index in [0.29, 0.717) is 6.42 Å². The van der Waals surface area contributed by atoms with Crippen LogP contribution in [0, 0.1) is 0 Å². The van der Waals surface area contributed by atoms with Gasteiger partial charge in [-0.15, -0.1) is 0 Å². The first-order valence-corrected chi connectivity index (χ1v) is 11.3. The summed E-state index contributed by atoms with van der Waals surface area (Å²) in [6.45, 7) is 5.46. The van der Waals surface area contributed by atoms with Gasteiger partial charge in [0, 0.05) is 5.92 Å². The van der Waals surface area contributed by atoms with Crippen molar-refractivity contribution in [2.24, 2.45) is 0 Å². The molecule has 7 heteroatoms. The van der Waals surface area contributed by atoms with Gasteiger partial charge in [-0.05, 0) is 70.0 Å². The van der Waals surface area contributed by atoms with Crippen LogP contribution in [-0.2, 0) is 14.3 Å². The number of carbonyl (C=O) groups is 2.